The van der Waals surface area contributed by atoms with E-state index >= 15 is 0 Å². The normalized spacial score (nSPS) is 17.7. The summed E-state index contributed by atoms with van der Waals surface area (Å²) in [5, 5.41) is -0.924. The summed E-state index contributed by atoms with van der Waals surface area (Å²) in [6.07, 6.45) is 0. The molecule has 4 N–H and O–H groups in total. The van der Waals surface area contributed by atoms with Crippen molar-refractivity contribution >= 4 is 42.1 Å². The molecule has 148 valence electrons. The van der Waals surface area contributed by atoms with E-state index < -0.39 is 41.3 Å². The number of ether oxygens (including phenoxy) is 1. The molecule has 12 nitrogen and oxygen atoms in total. The lowest BCUT2D eigenvalue weighted by atomic mass is 10.2. The lowest BCUT2D eigenvalue weighted by Gasteiger charge is -2.17. The number of phosphoric ester groups is 1. The van der Waals surface area contributed by atoms with Crippen molar-refractivity contribution < 1.29 is 55.9 Å². The van der Waals surface area contributed by atoms with Crippen LogP contribution in [0.25, 0.3) is 0 Å². The Labute approximate surface area is 152 Å². The molecular formula is C10H15O12P3S. The number of carbonyl (C=O) groups is 1. The maximum Gasteiger partial charge on any atom is 0.490 e. The van der Waals surface area contributed by atoms with Crippen LogP contribution in [0.15, 0.2) is 30.3 Å². The molecule has 26 heavy (non-hydrogen) atoms. The SMILES string of the molecule is O=C(OCC(S)COP(=O)(O)OP(=O)(O)OP(=O)(O)O)c1ccccc1. The van der Waals surface area contributed by atoms with Gasteiger partial charge < -0.3 is 24.3 Å². The van der Waals surface area contributed by atoms with Gasteiger partial charge in [0.1, 0.15) is 6.61 Å². The van der Waals surface area contributed by atoms with Crippen LogP contribution >= 0.6 is 36.1 Å². The highest BCUT2D eigenvalue weighted by Crippen LogP contribution is 2.66. The molecule has 0 saturated carbocycles. The van der Waals surface area contributed by atoms with E-state index in [9.17, 15) is 23.4 Å². The van der Waals surface area contributed by atoms with Crippen molar-refractivity contribution in [2.45, 2.75) is 5.25 Å². The highest BCUT2D eigenvalue weighted by molar-refractivity contribution is 7.81. The molecular weight excluding hydrogens is 437 g/mol. The van der Waals surface area contributed by atoms with Crippen molar-refractivity contribution in [3.8, 4) is 0 Å². The van der Waals surface area contributed by atoms with Crippen molar-refractivity contribution in [2.75, 3.05) is 13.2 Å². The smallest absolute Gasteiger partial charge is 0.461 e. The molecule has 3 unspecified atom stereocenters. The Bertz CT molecular complexity index is 749. The predicted octanol–water partition coefficient (Wildman–Crippen LogP) is 1.49. The maximum atomic E-state index is 11.7. The van der Waals surface area contributed by atoms with Gasteiger partial charge in [-0.1, -0.05) is 18.2 Å². The van der Waals surface area contributed by atoms with Gasteiger partial charge in [-0.05, 0) is 12.1 Å². The average molecular weight is 452 g/mol. The van der Waals surface area contributed by atoms with E-state index in [-0.39, 0.29) is 12.2 Å². The predicted molar refractivity (Wildman–Crippen MR) is 89.3 cm³/mol. The van der Waals surface area contributed by atoms with E-state index in [1.807, 2.05) is 0 Å². The van der Waals surface area contributed by atoms with E-state index in [0.29, 0.717) is 0 Å². The van der Waals surface area contributed by atoms with Gasteiger partial charge in [-0.15, -0.1) is 0 Å². The first-order valence-electron chi connectivity index (χ1n) is 6.48. The first kappa shape index (κ1) is 23.5. The molecule has 0 aliphatic heterocycles. The summed E-state index contributed by atoms with van der Waals surface area (Å²) in [7, 11) is -16.3. The summed E-state index contributed by atoms with van der Waals surface area (Å²) in [5.74, 6) is -0.678. The fourth-order valence-electron chi connectivity index (χ4n) is 1.36. The van der Waals surface area contributed by atoms with E-state index in [1.54, 1.807) is 18.2 Å². The minimum absolute atomic E-state index is 0.265. The molecule has 1 rings (SSSR count). The Hall–Kier alpha value is -0.550. The molecule has 1 aromatic carbocycles. The molecule has 0 aliphatic rings. The van der Waals surface area contributed by atoms with E-state index in [2.05, 4.69) is 25.8 Å². The molecule has 0 aromatic heterocycles. The number of benzene rings is 1. The Morgan fingerprint density at radius 2 is 1.54 bits per heavy atom. The molecule has 0 aliphatic carbocycles. The van der Waals surface area contributed by atoms with Crippen LogP contribution in [0.3, 0.4) is 0 Å². The highest BCUT2D eigenvalue weighted by atomic mass is 32.1. The second-order valence-electron chi connectivity index (χ2n) is 4.51. The van der Waals surface area contributed by atoms with Crippen LogP contribution in [0, 0.1) is 0 Å². The van der Waals surface area contributed by atoms with Gasteiger partial charge >= 0.3 is 29.4 Å². The number of esters is 1. The average Bonchev–Trinajstić information content (AvgIpc) is 2.48. The summed E-state index contributed by atoms with van der Waals surface area (Å²) < 4.78 is 49.4. The zero-order valence-corrected chi connectivity index (χ0v) is 16.3. The van der Waals surface area contributed by atoms with E-state index in [0.717, 1.165) is 0 Å². The lowest BCUT2D eigenvalue weighted by molar-refractivity contribution is 0.0490. The Balaban J connectivity index is 2.46. The van der Waals surface area contributed by atoms with Gasteiger partial charge in [0.2, 0.25) is 0 Å². The molecule has 0 radical (unpaired) electrons. The van der Waals surface area contributed by atoms with Gasteiger partial charge in [0, 0.05) is 0 Å². The zero-order valence-electron chi connectivity index (χ0n) is 12.7. The van der Waals surface area contributed by atoms with Gasteiger partial charge in [-0.3, -0.25) is 4.52 Å². The third kappa shape index (κ3) is 9.96. The number of hydrogen-bond acceptors (Lipinski definition) is 9. The van der Waals surface area contributed by atoms with Crippen LogP contribution in [0.5, 0.6) is 0 Å². The third-order valence-corrected chi connectivity index (χ3v) is 6.36. The lowest BCUT2D eigenvalue weighted by Crippen LogP contribution is -2.19. The standard InChI is InChI=1S/C10H15O12P3S/c11-10(8-4-2-1-3-5-8)19-6-9(26)7-20-24(15,16)22-25(17,18)21-23(12,13)14/h1-5,9,26H,6-7H2,(H,15,16)(H,17,18)(H2,12,13,14). The number of thiol groups is 1. The maximum absolute atomic E-state index is 11.7. The molecule has 16 heteroatoms. The van der Waals surface area contributed by atoms with Crippen LogP contribution in [-0.4, -0.2) is 44.0 Å². The largest absolute Gasteiger partial charge is 0.490 e. The number of carbonyl (C=O) groups excluding carboxylic acids is 1. The minimum Gasteiger partial charge on any atom is -0.461 e. The first-order chi connectivity index (χ1) is 11.8. The van der Waals surface area contributed by atoms with Crippen LogP contribution in [0.1, 0.15) is 10.4 Å². The van der Waals surface area contributed by atoms with Crippen molar-refractivity contribution in [1.29, 1.82) is 0 Å². The van der Waals surface area contributed by atoms with Crippen LogP contribution in [-0.2, 0) is 31.6 Å². The number of hydrogen-bond donors (Lipinski definition) is 5. The third-order valence-electron chi connectivity index (χ3n) is 2.26. The fraction of sp³-hybridized carbons (Fsp3) is 0.300. The van der Waals surface area contributed by atoms with Crippen molar-refractivity contribution in [3.05, 3.63) is 35.9 Å². The summed E-state index contributed by atoms with van der Waals surface area (Å²) in [6.45, 7) is -1.01. The van der Waals surface area contributed by atoms with E-state index in [1.165, 1.54) is 12.1 Å². The van der Waals surface area contributed by atoms with Crippen LogP contribution in [0.4, 0.5) is 0 Å². The van der Waals surface area contributed by atoms with Crippen molar-refractivity contribution in [2.24, 2.45) is 0 Å². The van der Waals surface area contributed by atoms with Gasteiger partial charge in [-0.2, -0.15) is 21.3 Å². The molecule has 0 amide bonds. The monoisotopic (exact) mass is 452 g/mol. The van der Waals surface area contributed by atoms with E-state index in [4.69, 9.17) is 19.4 Å². The van der Waals surface area contributed by atoms with Crippen LogP contribution < -0.4 is 0 Å². The summed E-state index contributed by atoms with van der Waals surface area (Å²) in [5.41, 5.74) is 0.265. The number of rotatable bonds is 10. The van der Waals surface area contributed by atoms with Gasteiger partial charge in [0.25, 0.3) is 0 Å². The second kappa shape index (κ2) is 9.59. The molecule has 0 spiro atoms. The molecule has 3 atom stereocenters. The topological polar surface area (TPSA) is 186 Å². The Morgan fingerprint density at radius 3 is 2.08 bits per heavy atom. The van der Waals surface area contributed by atoms with Crippen molar-refractivity contribution in [3.63, 3.8) is 0 Å². The first-order valence-corrected chi connectivity index (χ1v) is 11.5. The Kier molecular flexibility index (Phi) is 8.66. The summed E-state index contributed by atoms with van der Waals surface area (Å²) >= 11 is 3.93. The van der Waals surface area contributed by atoms with Gasteiger partial charge in [0.05, 0.1) is 17.4 Å². The number of phosphoric acid groups is 3. The quantitative estimate of drug-likeness (QED) is 0.196. The van der Waals surface area contributed by atoms with Gasteiger partial charge in [0.15, 0.2) is 0 Å². The summed E-state index contributed by atoms with van der Waals surface area (Å²) in [6, 6.07) is 7.93. The molecule has 0 heterocycles. The molecule has 0 fully saturated rings. The summed E-state index contributed by atoms with van der Waals surface area (Å²) in [4.78, 5) is 46.7. The Morgan fingerprint density at radius 1 is 0.962 bits per heavy atom. The molecule has 0 saturated heterocycles. The molecule has 1 aromatic rings. The van der Waals surface area contributed by atoms with Gasteiger partial charge in [-0.25, -0.2) is 18.5 Å². The zero-order chi connectivity index (χ0) is 20.0. The van der Waals surface area contributed by atoms with Crippen LogP contribution in [0.2, 0.25) is 0 Å². The fourth-order valence-corrected chi connectivity index (χ4v) is 4.69. The second-order valence-corrected chi connectivity index (χ2v) is 9.66. The highest BCUT2D eigenvalue weighted by Gasteiger charge is 2.40. The van der Waals surface area contributed by atoms with Crippen molar-refractivity contribution in [1.82, 2.24) is 0 Å². The molecule has 0 bridgehead atoms. The minimum atomic E-state index is -5.58.